The molecule has 184 valence electrons. The summed E-state index contributed by atoms with van der Waals surface area (Å²) < 4.78 is 3.51. The highest BCUT2D eigenvalue weighted by molar-refractivity contribution is 8.00. The number of rotatable bonds is 8. The van der Waals surface area contributed by atoms with E-state index in [9.17, 15) is 19.7 Å². The highest BCUT2D eigenvalue weighted by atomic mass is 32.2. The van der Waals surface area contributed by atoms with Crippen molar-refractivity contribution in [3.8, 4) is 0 Å². The Bertz CT molecular complexity index is 1310. The number of nitro groups is 1. The Hall–Kier alpha value is -3.54. The fraction of sp³-hybridized carbons (Fsp3) is 0.435. The summed E-state index contributed by atoms with van der Waals surface area (Å²) in [4.78, 5) is 38.0. The Labute approximate surface area is 206 Å². The molecule has 1 unspecified atom stereocenters. The molecule has 1 aromatic carbocycles. The number of hydrogen-bond donors (Lipinski definition) is 0. The fourth-order valence-electron chi connectivity index (χ4n) is 4.46. The molecule has 11 nitrogen and oxygen atoms in total. The van der Waals surface area contributed by atoms with Gasteiger partial charge in [0.1, 0.15) is 22.5 Å². The summed E-state index contributed by atoms with van der Waals surface area (Å²) in [5.74, 6) is 0.201. The van der Waals surface area contributed by atoms with Gasteiger partial charge in [0.2, 0.25) is 11.8 Å². The van der Waals surface area contributed by atoms with Crippen LogP contribution in [0.4, 0.5) is 11.4 Å². The van der Waals surface area contributed by atoms with Crippen LogP contribution < -0.4 is 4.90 Å². The van der Waals surface area contributed by atoms with Gasteiger partial charge in [-0.15, -0.1) is 10.2 Å². The van der Waals surface area contributed by atoms with Crippen molar-refractivity contribution in [2.45, 2.75) is 71.0 Å². The number of nitrogens with zero attached hydrogens (tertiary/aromatic N) is 7. The number of thioether (sulfide) groups is 1. The first kappa shape index (κ1) is 24.6. The maximum atomic E-state index is 13.1. The van der Waals surface area contributed by atoms with E-state index in [1.807, 2.05) is 43.5 Å². The lowest BCUT2D eigenvalue weighted by Gasteiger charge is -2.16. The number of anilines is 1. The molecular weight excluding hydrogens is 470 g/mol. The zero-order valence-corrected chi connectivity index (χ0v) is 21.1. The molecule has 35 heavy (non-hydrogen) atoms. The van der Waals surface area contributed by atoms with E-state index in [-0.39, 0.29) is 23.9 Å². The molecule has 1 aliphatic rings. The second kappa shape index (κ2) is 9.61. The summed E-state index contributed by atoms with van der Waals surface area (Å²) >= 11 is 1.24. The second-order valence-corrected chi connectivity index (χ2v) is 9.79. The molecule has 0 N–H and O–H groups in total. The summed E-state index contributed by atoms with van der Waals surface area (Å²) in [6.45, 7) is 10.1. The highest BCUT2D eigenvalue weighted by Crippen LogP contribution is 2.34. The molecule has 4 rings (SSSR count). The monoisotopic (exact) mass is 497 g/mol. The smallest absolute Gasteiger partial charge is 0.306 e. The molecule has 3 aromatic rings. The minimum absolute atomic E-state index is 0.0240. The van der Waals surface area contributed by atoms with Crippen LogP contribution >= 0.6 is 11.8 Å². The number of aryl methyl sites for hydroxylation is 5. The van der Waals surface area contributed by atoms with E-state index in [2.05, 4.69) is 15.3 Å². The lowest BCUT2D eigenvalue weighted by molar-refractivity contribution is -0.386. The topological polar surface area (TPSA) is 129 Å². The second-order valence-electron chi connectivity index (χ2n) is 8.62. The number of benzene rings is 1. The van der Waals surface area contributed by atoms with Crippen molar-refractivity contribution in [3.63, 3.8) is 0 Å². The molecule has 0 bridgehead atoms. The average Bonchev–Trinajstić information content (AvgIpc) is 3.38. The first-order valence-electron chi connectivity index (χ1n) is 11.3. The van der Waals surface area contributed by atoms with Crippen LogP contribution in [0.5, 0.6) is 0 Å². The number of amides is 2. The summed E-state index contributed by atoms with van der Waals surface area (Å²) in [5, 5.41) is 24.1. The lowest BCUT2D eigenvalue weighted by Crippen LogP contribution is -2.31. The maximum absolute atomic E-state index is 13.1. The van der Waals surface area contributed by atoms with Crippen LogP contribution in [-0.2, 0) is 29.1 Å². The Morgan fingerprint density at radius 3 is 2.40 bits per heavy atom. The summed E-state index contributed by atoms with van der Waals surface area (Å²) in [6, 6.07) is 5.67. The van der Waals surface area contributed by atoms with Crippen molar-refractivity contribution in [1.82, 2.24) is 24.5 Å². The van der Waals surface area contributed by atoms with E-state index in [1.165, 1.54) is 16.7 Å². The molecule has 0 aliphatic carbocycles. The third-order valence-electron chi connectivity index (χ3n) is 6.00. The van der Waals surface area contributed by atoms with Crippen LogP contribution in [0.25, 0.3) is 0 Å². The van der Waals surface area contributed by atoms with Gasteiger partial charge in [-0.25, -0.2) is 4.90 Å². The van der Waals surface area contributed by atoms with Crippen LogP contribution in [0.3, 0.4) is 0 Å². The lowest BCUT2D eigenvalue weighted by atomic mass is 10.1. The first-order valence-corrected chi connectivity index (χ1v) is 12.2. The van der Waals surface area contributed by atoms with Crippen molar-refractivity contribution in [3.05, 3.63) is 56.7 Å². The predicted molar refractivity (Wildman–Crippen MR) is 130 cm³/mol. The minimum Gasteiger partial charge on any atom is -0.306 e. The molecule has 1 atom stereocenters. The molecule has 0 radical (unpaired) electrons. The van der Waals surface area contributed by atoms with Crippen LogP contribution in [0, 0.1) is 37.8 Å². The van der Waals surface area contributed by atoms with E-state index in [1.54, 1.807) is 18.5 Å². The van der Waals surface area contributed by atoms with Gasteiger partial charge < -0.3 is 4.57 Å². The molecule has 1 fully saturated rings. The fourth-order valence-corrected chi connectivity index (χ4v) is 5.59. The van der Waals surface area contributed by atoms with E-state index in [0.29, 0.717) is 47.6 Å². The van der Waals surface area contributed by atoms with Crippen LogP contribution in [-0.4, -0.2) is 46.5 Å². The zero-order valence-electron chi connectivity index (χ0n) is 20.3. The molecule has 2 amide bonds. The summed E-state index contributed by atoms with van der Waals surface area (Å²) in [7, 11) is 0. The molecule has 1 aliphatic heterocycles. The Morgan fingerprint density at radius 2 is 1.80 bits per heavy atom. The SMILES string of the molecule is CCn1c(CCn2nc(C)c([N+](=O)[O-])c2C)nnc1SC1CC(=O)N(c2cc(C)cc(C)c2)C1=O. The Morgan fingerprint density at radius 1 is 1.11 bits per heavy atom. The average molecular weight is 498 g/mol. The summed E-state index contributed by atoms with van der Waals surface area (Å²) in [5.41, 5.74) is 3.46. The van der Waals surface area contributed by atoms with E-state index < -0.39 is 10.2 Å². The van der Waals surface area contributed by atoms with Gasteiger partial charge in [-0.1, -0.05) is 17.8 Å². The largest absolute Gasteiger partial charge is 0.312 e. The predicted octanol–water partition coefficient (Wildman–Crippen LogP) is 3.30. The van der Waals surface area contributed by atoms with Gasteiger partial charge in [-0.2, -0.15) is 5.10 Å². The zero-order chi connectivity index (χ0) is 25.4. The van der Waals surface area contributed by atoms with Crippen molar-refractivity contribution in [2.75, 3.05) is 4.90 Å². The highest BCUT2D eigenvalue weighted by Gasteiger charge is 2.41. The Balaban J connectivity index is 1.50. The number of carbonyl (C=O) groups excluding carboxylic acids is 2. The number of imide groups is 1. The maximum Gasteiger partial charge on any atom is 0.312 e. The third-order valence-corrected chi connectivity index (χ3v) is 7.17. The van der Waals surface area contributed by atoms with Gasteiger partial charge in [0.25, 0.3) is 0 Å². The molecule has 3 heterocycles. The van der Waals surface area contributed by atoms with Crippen LogP contribution in [0.2, 0.25) is 0 Å². The molecule has 2 aromatic heterocycles. The standard InChI is InChI=1S/C23H27N7O4S/c1-6-27-19(7-8-28-16(5)21(30(33)34)15(4)26-28)24-25-23(27)35-18-12-20(31)29(22(18)32)17-10-13(2)9-14(3)11-17/h9-11,18H,6-8,12H2,1-5H3. The van der Waals surface area contributed by atoms with Gasteiger partial charge >= 0.3 is 5.69 Å². The number of carbonyl (C=O) groups is 2. The van der Waals surface area contributed by atoms with Gasteiger partial charge in [-0.05, 0) is 57.9 Å². The van der Waals surface area contributed by atoms with Crippen LogP contribution in [0.1, 0.15) is 41.7 Å². The molecule has 0 spiro atoms. The van der Waals surface area contributed by atoms with E-state index in [0.717, 1.165) is 11.1 Å². The molecular formula is C23H27N7O4S. The van der Waals surface area contributed by atoms with Gasteiger partial charge in [0.15, 0.2) is 5.16 Å². The number of aromatic nitrogens is 5. The quantitative estimate of drug-likeness (QED) is 0.263. The van der Waals surface area contributed by atoms with Gasteiger partial charge in [0.05, 0.1) is 10.6 Å². The van der Waals surface area contributed by atoms with E-state index >= 15 is 0 Å². The van der Waals surface area contributed by atoms with Crippen molar-refractivity contribution in [2.24, 2.45) is 0 Å². The van der Waals surface area contributed by atoms with Gasteiger partial charge in [0, 0.05) is 25.9 Å². The van der Waals surface area contributed by atoms with E-state index in [4.69, 9.17) is 0 Å². The number of hydrogen-bond acceptors (Lipinski definition) is 8. The van der Waals surface area contributed by atoms with Crippen molar-refractivity contribution < 1.29 is 14.5 Å². The normalized spacial score (nSPS) is 15.9. The third kappa shape index (κ3) is 4.70. The van der Waals surface area contributed by atoms with Crippen molar-refractivity contribution in [1.29, 1.82) is 0 Å². The molecule has 12 heteroatoms. The summed E-state index contributed by atoms with van der Waals surface area (Å²) in [6.07, 6.45) is 0.560. The van der Waals surface area contributed by atoms with Gasteiger partial charge in [-0.3, -0.25) is 24.4 Å². The Kier molecular flexibility index (Phi) is 6.75. The van der Waals surface area contributed by atoms with Crippen LogP contribution in [0.15, 0.2) is 23.4 Å². The minimum atomic E-state index is -0.579. The first-order chi connectivity index (χ1) is 16.6. The molecule has 0 saturated carbocycles. The molecule has 1 saturated heterocycles. The van der Waals surface area contributed by atoms with Crippen molar-refractivity contribution >= 4 is 35.0 Å².